The molecule has 2 bridgehead atoms. The van der Waals surface area contributed by atoms with Gasteiger partial charge in [0.15, 0.2) is 6.61 Å². The second kappa shape index (κ2) is 7.22. The van der Waals surface area contributed by atoms with Crippen LogP contribution in [0.4, 0.5) is 5.69 Å². The van der Waals surface area contributed by atoms with E-state index in [-0.39, 0.29) is 40.5 Å². The molecule has 1 aromatic rings. The van der Waals surface area contributed by atoms with Crippen LogP contribution in [0.15, 0.2) is 30.4 Å². The molecule has 0 unspecified atom stereocenters. The number of halogens is 2. The summed E-state index contributed by atoms with van der Waals surface area (Å²) in [5.74, 6) is -2.64. The van der Waals surface area contributed by atoms with Gasteiger partial charge in [0, 0.05) is 5.69 Å². The smallest absolute Gasteiger partial charge is 0.326 e. The van der Waals surface area contributed by atoms with E-state index in [1.807, 2.05) is 12.2 Å². The molecule has 4 rings (SSSR count). The molecule has 3 amide bonds. The minimum Gasteiger partial charge on any atom is -0.454 e. The maximum atomic E-state index is 12.5. The lowest BCUT2D eigenvalue weighted by molar-refractivity contribution is -0.154. The van der Waals surface area contributed by atoms with Crippen molar-refractivity contribution in [3.8, 4) is 0 Å². The summed E-state index contributed by atoms with van der Waals surface area (Å²) in [6.07, 6.45) is 4.78. The summed E-state index contributed by atoms with van der Waals surface area (Å²) in [7, 11) is 0. The number of likely N-dealkylation sites (tertiary alicyclic amines) is 1. The molecule has 2 fully saturated rings. The zero-order valence-electron chi connectivity index (χ0n) is 14.6. The summed E-state index contributed by atoms with van der Waals surface area (Å²) in [5, 5.41) is 3.14. The highest BCUT2D eigenvalue weighted by Crippen LogP contribution is 2.52. The molecule has 146 valence electrons. The number of hydrogen-bond acceptors (Lipinski definition) is 5. The fourth-order valence-electron chi connectivity index (χ4n) is 4.21. The van der Waals surface area contributed by atoms with E-state index in [2.05, 4.69) is 5.32 Å². The lowest BCUT2D eigenvalue weighted by Crippen LogP contribution is -2.38. The van der Waals surface area contributed by atoms with Crippen LogP contribution in [-0.2, 0) is 23.9 Å². The number of ether oxygens (including phenoxy) is 1. The first-order valence-electron chi connectivity index (χ1n) is 8.79. The van der Waals surface area contributed by atoms with Crippen molar-refractivity contribution >= 4 is 52.6 Å². The number of benzene rings is 1. The maximum Gasteiger partial charge on any atom is 0.326 e. The third-order valence-electron chi connectivity index (χ3n) is 5.42. The molecule has 28 heavy (non-hydrogen) atoms. The quantitative estimate of drug-likeness (QED) is 0.446. The van der Waals surface area contributed by atoms with E-state index >= 15 is 0 Å². The highest BCUT2D eigenvalue weighted by atomic mass is 35.5. The van der Waals surface area contributed by atoms with E-state index in [1.54, 1.807) is 6.07 Å². The summed E-state index contributed by atoms with van der Waals surface area (Å²) in [5.41, 5.74) is 0.399. The molecule has 2 aliphatic carbocycles. The summed E-state index contributed by atoms with van der Waals surface area (Å²) >= 11 is 11.7. The van der Waals surface area contributed by atoms with Crippen molar-refractivity contribution in [3.63, 3.8) is 0 Å². The average molecular weight is 423 g/mol. The number of amides is 3. The summed E-state index contributed by atoms with van der Waals surface area (Å²) in [4.78, 5) is 50.0. The molecule has 0 spiro atoms. The Balaban J connectivity index is 1.29. The minimum absolute atomic E-state index is 0.0736. The zero-order valence-corrected chi connectivity index (χ0v) is 16.1. The van der Waals surface area contributed by atoms with Crippen molar-refractivity contribution in [1.82, 2.24) is 4.90 Å². The van der Waals surface area contributed by atoms with E-state index in [1.165, 1.54) is 12.1 Å². The van der Waals surface area contributed by atoms with Crippen LogP contribution in [0.25, 0.3) is 0 Å². The predicted octanol–water partition coefficient (Wildman–Crippen LogP) is 2.28. The second-order valence-corrected chi connectivity index (χ2v) is 7.91. The molecule has 3 aliphatic rings. The zero-order chi connectivity index (χ0) is 20.0. The maximum absolute atomic E-state index is 12.5. The minimum atomic E-state index is -0.814. The summed E-state index contributed by atoms with van der Waals surface area (Å²) in [6.45, 7) is -1.03. The molecule has 1 N–H and O–H groups in total. The number of imide groups is 1. The van der Waals surface area contributed by atoms with Crippen LogP contribution < -0.4 is 5.32 Å². The Bertz CT molecular complexity index is 886. The van der Waals surface area contributed by atoms with E-state index in [4.69, 9.17) is 27.9 Å². The Morgan fingerprint density at radius 1 is 1.07 bits per heavy atom. The van der Waals surface area contributed by atoms with Crippen molar-refractivity contribution in [2.24, 2.45) is 23.7 Å². The van der Waals surface area contributed by atoms with Gasteiger partial charge in [0.1, 0.15) is 6.54 Å². The van der Waals surface area contributed by atoms with E-state index in [0.29, 0.717) is 10.7 Å². The molecule has 1 heterocycles. The standard InChI is InChI=1S/C19H16Cl2N2O5/c20-12-4-3-11(6-13(12)21)22-14(24)8-28-15(25)7-23-18(26)16-9-1-2-10(5-9)17(16)19(23)27/h1-4,6,9-10,16-17H,5,7-8H2,(H,22,24)/t9-,10-,16-,17+/m0/s1. The van der Waals surface area contributed by atoms with Crippen LogP contribution in [0.2, 0.25) is 10.0 Å². The van der Waals surface area contributed by atoms with Gasteiger partial charge in [0.2, 0.25) is 11.8 Å². The number of carbonyl (C=O) groups excluding carboxylic acids is 4. The molecule has 4 atom stereocenters. The molecular weight excluding hydrogens is 407 g/mol. The van der Waals surface area contributed by atoms with Gasteiger partial charge in [0.05, 0.1) is 21.9 Å². The molecule has 0 aromatic heterocycles. The van der Waals surface area contributed by atoms with Crippen LogP contribution >= 0.6 is 23.2 Å². The summed E-state index contributed by atoms with van der Waals surface area (Å²) < 4.78 is 4.91. The van der Waals surface area contributed by atoms with E-state index in [0.717, 1.165) is 11.3 Å². The number of rotatable bonds is 5. The van der Waals surface area contributed by atoms with Gasteiger partial charge in [-0.1, -0.05) is 35.4 Å². The van der Waals surface area contributed by atoms with Gasteiger partial charge in [-0.2, -0.15) is 0 Å². The fourth-order valence-corrected chi connectivity index (χ4v) is 4.51. The normalized spacial score (nSPS) is 27.3. The lowest BCUT2D eigenvalue weighted by atomic mass is 9.85. The largest absolute Gasteiger partial charge is 0.454 e. The fraction of sp³-hybridized carbons (Fsp3) is 0.368. The van der Waals surface area contributed by atoms with E-state index < -0.39 is 25.0 Å². The molecule has 1 saturated heterocycles. The molecule has 1 aromatic carbocycles. The number of carbonyl (C=O) groups is 4. The Hall–Kier alpha value is -2.38. The van der Waals surface area contributed by atoms with Crippen LogP contribution in [0.3, 0.4) is 0 Å². The number of nitrogens with one attached hydrogen (secondary N) is 1. The van der Waals surface area contributed by atoms with Crippen LogP contribution in [0, 0.1) is 23.7 Å². The van der Waals surface area contributed by atoms with Crippen LogP contribution in [0.5, 0.6) is 0 Å². The first-order chi connectivity index (χ1) is 13.3. The monoisotopic (exact) mass is 422 g/mol. The van der Waals surface area contributed by atoms with Crippen molar-refractivity contribution < 1.29 is 23.9 Å². The van der Waals surface area contributed by atoms with Crippen molar-refractivity contribution in [2.75, 3.05) is 18.5 Å². The Kier molecular flexibility index (Phi) is 4.89. The highest BCUT2D eigenvalue weighted by molar-refractivity contribution is 6.42. The number of allylic oxidation sites excluding steroid dienone is 2. The van der Waals surface area contributed by atoms with Gasteiger partial charge in [0.25, 0.3) is 5.91 Å². The number of hydrogen-bond donors (Lipinski definition) is 1. The molecule has 1 aliphatic heterocycles. The first-order valence-corrected chi connectivity index (χ1v) is 9.55. The van der Waals surface area contributed by atoms with Gasteiger partial charge in [-0.25, -0.2) is 0 Å². The van der Waals surface area contributed by atoms with Gasteiger partial charge in [-0.15, -0.1) is 0 Å². The highest BCUT2D eigenvalue weighted by Gasteiger charge is 2.59. The van der Waals surface area contributed by atoms with Crippen molar-refractivity contribution in [2.45, 2.75) is 6.42 Å². The lowest BCUT2D eigenvalue weighted by Gasteiger charge is -2.16. The third kappa shape index (κ3) is 3.29. The molecule has 0 radical (unpaired) electrons. The SMILES string of the molecule is O=C(COC(=O)CN1C(=O)[C@@H]2[C@H](C1=O)[C@H]1C=C[C@H]2C1)Nc1ccc(Cl)c(Cl)c1. The molecule has 9 heteroatoms. The topological polar surface area (TPSA) is 92.8 Å². The molecule has 7 nitrogen and oxygen atoms in total. The van der Waals surface area contributed by atoms with Crippen molar-refractivity contribution in [1.29, 1.82) is 0 Å². The van der Waals surface area contributed by atoms with Crippen LogP contribution in [-0.4, -0.2) is 41.7 Å². The number of anilines is 1. The Labute approximate surface area is 170 Å². The van der Waals surface area contributed by atoms with Crippen molar-refractivity contribution in [3.05, 3.63) is 40.4 Å². The van der Waals surface area contributed by atoms with Gasteiger partial charge >= 0.3 is 5.97 Å². The van der Waals surface area contributed by atoms with Crippen LogP contribution in [0.1, 0.15) is 6.42 Å². The van der Waals surface area contributed by atoms with Gasteiger partial charge in [-0.3, -0.25) is 24.1 Å². The second-order valence-electron chi connectivity index (χ2n) is 7.10. The van der Waals surface area contributed by atoms with E-state index in [9.17, 15) is 19.2 Å². The number of fused-ring (bicyclic) bond motifs is 5. The Morgan fingerprint density at radius 2 is 1.71 bits per heavy atom. The first kappa shape index (κ1) is 19.0. The molecular formula is C19H16Cl2N2O5. The predicted molar refractivity (Wildman–Crippen MR) is 100 cm³/mol. The number of nitrogens with zero attached hydrogens (tertiary/aromatic N) is 1. The number of esters is 1. The van der Waals surface area contributed by atoms with Gasteiger partial charge in [-0.05, 0) is 36.5 Å². The summed E-state index contributed by atoms with van der Waals surface area (Å²) in [6, 6.07) is 4.54. The van der Waals surface area contributed by atoms with Gasteiger partial charge < -0.3 is 10.1 Å². The average Bonchev–Trinajstić information content (AvgIpc) is 3.33. The molecule has 1 saturated carbocycles. The third-order valence-corrected chi connectivity index (χ3v) is 6.16. The Morgan fingerprint density at radius 3 is 2.32 bits per heavy atom.